The van der Waals surface area contributed by atoms with E-state index in [1.807, 2.05) is 13.8 Å². The van der Waals surface area contributed by atoms with Gasteiger partial charge in [0.05, 0.1) is 11.5 Å². The fraction of sp³-hybridized carbons (Fsp3) is 0.222. The molecule has 3 rings (SSSR count). The second kappa shape index (κ2) is 10.0. The van der Waals surface area contributed by atoms with Crippen molar-refractivity contribution in [3.8, 4) is 11.1 Å². The minimum atomic E-state index is -4.44. The topological polar surface area (TPSA) is 37.3 Å². The van der Waals surface area contributed by atoms with Crippen molar-refractivity contribution in [2.45, 2.75) is 32.4 Å². The molecule has 6 heteroatoms. The maximum absolute atomic E-state index is 13.2. The molecule has 0 saturated carbocycles. The molecule has 0 spiro atoms. The van der Waals surface area contributed by atoms with Gasteiger partial charge in [-0.1, -0.05) is 62.4 Å². The Morgan fingerprint density at radius 3 is 2.03 bits per heavy atom. The lowest BCUT2D eigenvalue weighted by atomic mass is 9.87. The van der Waals surface area contributed by atoms with Crippen LogP contribution in [0, 0.1) is 11.7 Å². The minimum Gasteiger partial charge on any atom is -0.481 e. The number of carboxylic acid groups (broad SMARTS) is 1. The van der Waals surface area contributed by atoms with E-state index in [2.05, 4.69) is 0 Å². The highest BCUT2D eigenvalue weighted by atomic mass is 19.4. The normalized spacial score (nSPS) is 12.9. The van der Waals surface area contributed by atoms with Crippen LogP contribution in [0.1, 0.15) is 48.4 Å². The van der Waals surface area contributed by atoms with Gasteiger partial charge < -0.3 is 5.11 Å². The molecule has 0 aromatic heterocycles. The van der Waals surface area contributed by atoms with E-state index in [-0.39, 0.29) is 11.7 Å². The van der Waals surface area contributed by atoms with Crippen molar-refractivity contribution in [2.24, 2.45) is 5.92 Å². The Labute approximate surface area is 190 Å². The second-order valence-corrected chi connectivity index (χ2v) is 8.37. The summed E-state index contributed by atoms with van der Waals surface area (Å²) in [6.45, 7) is 3.87. The highest BCUT2D eigenvalue weighted by Gasteiger charge is 2.30. The van der Waals surface area contributed by atoms with Crippen LogP contribution in [0.3, 0.4) is 0 Å². The predicted octanol–water partition coefficient (Wildman–Crippen LogP) is 7.90. The molecule has 1 N–H and O–H groups in total. The Morgan fingerprint density at radius 2 is 1.48 bits per heavy atom. The first-order chi connectivity index (χ1) is 15.5. The fourth-order valence-corrected chi connectivity index (χ4v) is 3.61. The van der Waals surface area contributed by atoms with Crippen LogP contribution in [0.25, 0.3) is 23.3 Å². The predicted molar refractivity (Wildman–Crippen MR) is 122 cm³/mol. The zero-order chi connectivity index (χ0) is 24.2. The first-order valence-electron chi connectivity index (χ1n) is 10.5. The number of hydrogen-bond donors (Lipinski definition) is 1. The molecule has 0 bridgehead atoms. The smallest absolute Gasteiger partial charge is 0.416 e. The zero-order valence-electron chi connectivity index (χ0n) is 18.2. The first-order valence-corrected chi connectivity index (χ1v) is 10.5. The van der Waals surface area contributed by atoms with Gasteiger partial charge in [-0.15, -0.1) is 0 Å². The van der Waals surface area contributed by atoms with Crippen LogP contribution in [0.15, 0.2) is 66.7 Å². The van der Waals surface area contributed by atoms with Crippen molar-refractivity contribution in [2.75, 3.05) is 0 Å². The quantitative estimate of drug-likeness (QED) is 0.290. The number of benzene rings is 3. The molecule has 0 fully saturated rings. The van der Waals surface area contributed by atoms with Crippen LogP contribution in [0.5, 0.6) is 0 Å². The zero-order valence-corrected chi connectivity index (χ0v) is 18.2. The molecule has 0 aliphatic carbocycles. The van der Waals surface area contributed by atoms with Crippen molar-refractivity contribution >= 4 is 18.1 Å². The lowest BCUT2D eigenvalue weighted by Gasteiger charge is -2.17. The lowest BCUT2D eigenvalue weighted by molar-refractivity contribution is -0.139. The maximum atomic E-state index is 13.2. The van der Waals surface area contributed by atoms with E-state index in [1.165, 1.54) is 24.3 Å². The van der Waals surface area contributed by atoms with Gasteiger partial charge in [0.25, 0.3) is 0 Å². The van der Waals surface area contributed by atoms with Crippen molar-refractivity contribution in [1.29, 1.82) is 0 Å². The molecule has 0 aliphatic rings. The third-order valence-corrected chi connectivity index (χ3v) is 5.27. The molecule has 1 atom stereocenters. The van der Waals surface area contributed by atoms with Crippen LogP contribution in [0.4, 0.5) is 17.6 Å². The molecular formula is C27H24F4O2. The molecule has 0 amide bonds. The standard InChI is InChI=1S/C27H24F4O2/c1-17(2)13-25(26(32)33)22-15-19(4-3-18-5-11-24(28)12-6-18)14-21(16-22)20-7-9-23(10-8-20)27(29,30)31/h3-12,14-17,25H,13H2,1-2H3,(H,32,33). The molecular weight excluding hydrogens is 432 g/mol. The van der Waals surface area contributed by atoms with Gasteiger partial charge >= 0.3 is 12.1 Å². The number of carboxylic acids is 1. The Hall–Kier alpha value is -3.41. The molecule has 0 radical (unpaired) electrons. The van der Waals surface area contributed by atoms with E-state index in [0.29, 0.717) is 28.7 Å². The van der Waals surface area contributed by atoms with Gasteiger partial charge in [-0.25, -0.2) is 4.39 Å². The molecule has 0 saturated heterocycles. The molecule has 33 heavy (non-hydrogen) atoms. The summed E-state index contributed by atoms with van der Waals surface area (Å²) in [5, 5.41) is 9.81. The van der Waals surface area contributed by atoms with Gasteiger partial charge in [0.15, 0.2) is 0 Å². The Bertz CT molecular complexity index is 1130. The van der Waals surface area contributed by atoms with E-state index < -0.39 is 23.6 Å². The van der Waals surface area contributed by atoms with E-state index >= 15 is 0 Å². The highest BCUT2D eigenvalue weighted by Crippen LogP contribution is 2.33. The van der Waals surface area contributed by atoms with Gasteiger partial charge in [0, 0.05) is 0 Å². The minimum absolute atomic E-state index is 0.138. The van der Waals surface area contributed by atoms with E-state index in [0.717, 1.165) is 17.7 Å². The van der Waals surface area contributed by atoms with Crippen molar-refractivity contribution < 1.29 is 27.5 Å². The fourth-order valence-electron chi connectivity index (χ4n) is 3.61. The number of hydrogen-bond acceptors (Lipinski definition) is 1. The van der Waals surface area contributed by atoms with Crippen LogP contribution >= 0.6 is 0 Å². The van der Waals surface area contributed by atoms with Gasteiger partial charge in [-0.3, -0.25) is 4.79 Å². The molecule has 1 unspecified atom stereocenters. The van der Waals surface area contributed by atoms with E-state index in [9.17, 15) is 27.5 Å². The summed E-state index contributed by atoms with van der Waals surface area (Å²) in [5.41, 5.74) is 2.45. The number of halogens is 4. The number of alkyl halides is 3. The lowest BCUT2D eigenvalue weighted by Crippen LogP contribution is -2.14. The van der Waals surface area contributed by atoms with Gasteiger partial charge in [-0.05, 0) is 70.5 Å². The van der Waals surface area contributed by atoms with Crippen molar-refractivity contribution in [1.82, 2.24) is 0 Å². The van der Waals surface area contributed by atoms with Crippen LogP contribution in [0.2, 0.25) is 0 Å². The van der Waals surface area contributed by atoms with E-state index in [1.54, 1.807) is 42.5 Å². The summed E-state index contributed by atoms with van der Waals surface area (Å²) in [6.07, 6.45) is -0.464. The summed E-state index contributed by atoms with van der Waals surface area (Å²) < 4.78 is 52.0. The number of rotatable bonds is 7. The number of aliphatic carboxylic acids is 1. The SMILES string of the molecule is CC(C)CC(C(=O)O)c1cc(C=Cc2ccc(F)cc2)cc(-c2ccc(C(F)(F)F)cc2)c1. The Kier molecular flexibility index (Phi) is 7.36. The second-order valence-electron chi connectivity index (χ2n) is 8.37. The largest absolute Gasteiger partial charge is 0.481 e. The van der Waals surface area contributed by atoms with Crippen molar-refractivity contribution in [3.05, 3.63) is 94.8 Å². The molecule has 172 valence electrons. The molecule has 3 aromatic carbocycles. The Morgan fingerprint density at radius 1 is 0.879 bits per heavy atom. The first kappa shape index (κ1) is 24.2. The third kappa shape index (κ3) is 6.54. The van der Waals surface area contributed by atoms with Crippen molar-refractivity contribution in [3.63, 3.8) is 0 Å². The maximum Gasteiger partial charge on any atom is 0.416 e. The summed E-state index contributed by atoms with van der Waals surface area (Å²) in [4.78, 5) is 12.0. The van der Waals surface area contributed by atoms with Crippen LogP contribution in [-0.4, -0.2) is 11.1 Å². The molecule has 0 heterocycles. The Balaban J connectivity index is 2.06. The van der Waals surface area contributed by atoms with Crippen LogP contribution in [-0.2, 0) is 11.0 Å². The molecule has 2 nitrogen and oxygen atoms in total. The average molecular weight is 456 g/mol. The highest BCUT2D eigenvalue weighted by molar-refractivity contribution is 5.80. The van der Waals surface area contributed by atoms with E-state index in [4.69, 9.17) is 0 Å². The van der Waals surface area contributed by atoms with Gasteiger partial charge in [-0.2, -0.15) is 13.2 Å². The monoisotopic (exact) mass is 456 g/mol. The summed E-state index contributed by atoms with van der Waals surface area (Å²) in [6, 6.07) is 16.0. The van der Waals surface area contributed by atoms with Crippen LogP contribution < -0.4 is 0 Å². The summed E-state index contributed by atoms with van der Waals surface area (Å²) in [5.74, 6) is -1.92. The summed E-state index contributed by atoms with van der Waals surface area (Å²) >= 11 is 0. The number of carbonyl (C=O) groups is 1. The third-order valence-electron chi connectivity index (χ3n) is 5.27. The van der Waals surface area contributed by atoms with Gasteiger partial charge in [0.1, 0.15) is 5.82 Å². The average Bonchev–Trinajstić information content (AvgIpc) is 2.76. The molecule has 0 aliphatic heterocycles. The summed E-state index contributed by atoms with van der Waals surface area (Å²) in [7, 11) is 0. The molecule has 3 aromatic rings. The van der Waals surface area contributed by atoms with Gasteiger partial charge in [0.2, 0.25) is 0 Å².